The lowest BCUT2D eigenvalue weighted by atomic mass is 9.34. The molecule has 0 unspecified atom stereocenters. The number of hydrogen-bond donors (Lipinski definition) is 0. The zero-order valence-corrected chi connectivity index (χ0v) is 7.42. The van der Waals surface area contributed by atoms with Crippen molar-refractivity contribution >= 4 is 16.8 Å². The van der Waals surface area contributed by atoms with Crippen molar-refractivity contribution in [2.24, 2.45) is 10.8 Å². The molecule has 0 heterocycles. The summed E-state index contributed by atoms with van der Waals surface area (Å²) < 4.78 is 25.7. The van der Waals surface area contributed by atoms with E-state index in [4.69, 9.17) is 11.6 Å². The monoisotopic (exact) mass is 194 g/mol. The Morgan fingerprint density at radius 3 is 2.08 bits per heavy atom. The first-order valence-electron chi connectivity index (χ1n) is 3.89. The molecule has 12 heavy (non-hydrogen) atoms. The summed E-state index contributed by atoms with van der Waals surface area (Å²) in [6, 6.07) is 0. The maximum Gasteiger partial charge on any atom is 0.251 e. The first kappa shape index (κ1) is 8.42. The fraction of sp³-hybridized carbons (Fsp3) is 0.875. The van der Waals surface area contributed by atoms with Gasteiger partial charge in [0.05, 0.1) is 0 Å². The van der Waals surface area contributed by atoms with E-state index in [9.17, 15) is 13.6 Å². The molecule has 0 aliphatic heterocycles. The van der Waals surface area contributed by atoms with Crippen LogP contribution in [0.4, 0.5) is 8.78 Å². The molecule has 0 aromatic heterocycles. The predicted molar refractivity (Wildman–Crippen MR) is 40.2 cm³/mol. The van der Waals surface area contributed by atoms with Gasteiger partial charge >= 0.3 is 0 Å². The number of carbonyl (C=O) groups excluding carboxylic acids is 1. The average molecular weight is 195 g/mol. The summed E-state index contributed by atoms with van der Waals surface area (Å²) >= 11 is 5.29. The lowest BCUT2D eigenvalue weighted by Crippen LogP contribution is -2.70. The molecule has 0 atom stereocenters. The Hall–Kier alpha value is -0.180. The van der Waals surface area contributed by atoms with E-state index >= 15 is 0 Å². The van der Waals surface area contributed by atoms with Crippen LogP contribution in [0, 0.1) is 10.8 Å². The summed E-state index contributed by atoms with van der Waals surface area (Å²) in [5, 5.41) is -0.436. The molecule has 0 aromatic carbocycles. The summed E-state index contributed by atoms with van der Waals surface area (Å²) in [4.78, 5) is 10.8. The molecule has 0 radical (unpaired) electrons. The van der Waals surface area contributed by atoms with E-state index in [1.54, 1.807) is 0 Å². The highest BCUT2D eigenvalue weighted by Gasteiger charge is 2.78. The van der Waals surface area contributed by atoms with Gasteiger partial charge in [0.2, 0.25) is 5.24 Å². The Labute approximate surface area is 74.1 Å². The van der Waals surface area contributed by atoms with Gasteiger partial charge in [-0.3, -0.25) is 4.79 Å². The number of hydrogen-bond acceptors (Lipinski definition) is 1. The Morgan fingerprint density at radius 2 is 1.83 bits per heavy atom. The first-order chi connectivity index (χ1) is 5.31. The molecule has 3 rings (SSSR count). The Kier molecular flexibility index (Phi) is 1.29. The molecular formula is C8H9ClF2O. The minimum absolute atomic E-state index is 0.284. The van der Waals surface area contributed by atoms with E-state index < -0.39 is 22.0 Å². The predicted octanol–water partition coefficient (Wildman–Crippen LogP) is 2.58. The van der Waals surface area contributed by atoms with Gasteiger partial charge in [-0.25, -0.2) is 8.78 Å². The van der Waals surface area contributed by atoms with Gasteiger partial charge < -0.3 is 0 Å². The molecule has 3 aliphatic carbocycles. The molecule has 0 spiro atoms. The highest BCUT2D eigenvalue weighted by molar-refractivity contribution is 6.65. The van der Waals surface area contributed by atoms with Crippen LogP contribution in [0.1, 0.15) is 26.2 Å². The topological polar surface area (TPSA) is 17.1 Å². The molecule has 1 nitrogen and oxygen atoms in total. The Bertz CT molecular complexity index is 236. The third kappa shape index (κ3) is 0.709. The van der Waals surface area contributed by atoms with Crippen molar-refractivity contribution in [3.8, 4) is 0 Å². The standard InChI is InChI=1S/C8H9ClF2O/c1-6(10,11)8-2-7(3-8,4-8)5(9)12/h2-4H2,1H3. The summed E-state index contributed by atoms with van der Waals surface area (Å²) in [6.07, 6.45) is 0.851. The SMILES string of the molecule is CC(F)(F)C12CC(C(=O)Cl)(C1)C2. The van der Waals surface area contributed by atoms with Crippen LogP contribution >= 0.6 is 11.6 Å². The van der Waals surface area contributed by atoms with Gasteiger partial charge in [0, 0.05) is 10.8 Å². The number of alkyl halides is 2. The molecule has 3 fully saturated rings. The van der Waals surface area contributed by atoms with Crippen LogP contribution in [0.25, 0.3) is 0 Å². The van der Waals surface area contributed by atoms with Crippen LogP contribution in [0.3, 0.4) is 0 Å². The zero-order valence-electron chi connectivity index (χ0n) is 6.66. The van der Waals surface area contributed by atoms with Crippen LogP contribution in [0.15, 0.2) is 0 Å². The van der Waals surface area contributed by atoms with E-state index in [-0.39, 0.29) is 19.3 Å². The van der Waals surface area contributed by atoms with Crippen molar-refractivity contribution in [2.75, 3.05) is 0 Å². The van der Waals surface area contributed by atoms with E-state index in [0.717, 1.165) is 6.92 Å². The molecule has 68 valence electrons. The van der Waals surface area contributed by atoms with Crippen LogP contribution in [-0.2, 0) is 4.79 Å². The van der Waals surface area contributed by atoms with E-state index in [2.05, 4.69) is 0 Å². The van der Waals surface area contributed by atoms with Crippen molar-refractivity contribution < 1.29 is 13.6 Å². The van der Waals surface area contributed by atoms with Gasteiger partial charge in [-0.2, -0.15) is 0 Å². The summed E-state index contributed by atoms with van der Waals surface area (Å²) in [7, 11) is 0. The van der Waals surface area contributed by atoms with Gasteiger partial charge in [-0.05, 0) is 37.8 Å². The quantitative estimate of drug-likeness (QED) is 0.618. The van der Waals surface area contributed by atoms with Crippen LogP contribution in [-0.4, -0.2) is 11.2 Å². The van der Waals surface area contributed by atoms with E-state index in [0.29, 0.717) is 0 Å². The largest absolute Gasteiger partial charge is 0.281 e. The Balaban J connectivity index is 2.09. The first-order valence-corrected chi connectivity index (χ1v) is 4.27. The van der Waals surface area contributed by atoms with Crippen molar-refractivity contribution in [3.05, 3.63) is 0 Å². The molecule has 2 bridgehead atoms. The molecule has 0 N–H and O–H groups in total. The zero-order chi connectivity index (χ0) is 9.20. The smallest absolute Gasteiger partial charge is 0.251 e. The molecule has 3 saturated carbocycles. The number of halogens is 3. The van der Waals surface area contributed by atoms with Gasteiger partial charge in [-0.15, -0.1) is 0 Å². The third-order valence-corrected chi connectivity index (χ3v) is 3.78. The molecular weight excluding hydrogens is 186 g/mol. The third-order valence-electron chi connectivity index (χ3n) is 3.38. The molecule has 0 saturated heterocycles. The summed E-state index contributed by atoms with van der Waals surface area (Å²) in [5.41, 5.74) is -1.46. The fourth-order valence-electron chi connectivity index (χ4n) is 2.46. The maximum atomic E-state index is 12.9. The van der Waals surface area contributed by atoms with Crippen LogP contribution in [0.2, 0.25) is 0 Å². The molecule has 4 heteroatoms. The lowest BCUT2D eigenvalue weighted by Gasteiger charge is -2.70. The van der Waals surface area contributed by atoms with Gasteiger partial charge in [0.25, 0.3) is 5.92 Å². The normalized spacial score (nSPS) is 44.7. The average Bonchev–Trinajstić information content (AvgIpc) is 1.46. The minimum Gasteiger partial charge on any atom is -0.281 e. The van der Waals surface area contributed by atoms with Crippen molar-refractivity contribution in [3.63, 3.8) is 0 Å². The van der Waals surface area contributed by atoms with Gasteiger partial charge in [-0.1, -0.05) is 0 Å². The van der Waals surface area contributed by atoms with Crippen LogP contribution < -0.4 is 0 Å². The van der Waals surface area contributed by atoms with Crippen molar-refractivity contribution in [1.82, 2.24) is 0 Å². The minimum atomic E-state index is -2.65. The molecule has 0 aromatic rings. The van der Waals surface area contributed by atoms with Gasteiger partial charge in [0.1, 0.15) is 0 Å². The van der Waals surface area contributed by atoms with Crippen molar-refractivity contribution in [1.29, 1.82) is 0 Å². The second-order valence-electron chi connectivity index (χ2n) is 4.25. The summed E-state index contributed by atoms with van der Waals surface area (Å²) in [6.45, 7) is 0.925. The van der Waals surface area contributed by atoms with Crippen molar-refractivity contribution in [2.45, 2.75) is 32.1 Å². The number of rotatable bonds is 2. The fourth-order valence-corrected chi connectivity index (χ4v) is 2.66. The highest BCUT2D eigenvalue weighted by atomic mass is 35.5. The summed E-state index contributed by atoms with van der Waals surface area (Å²) in [5.74, 6) is -2.65. The molecule has 0 amide bonds. The number of carbonyl (C=O) groups is 1. The Morgan fingerprint density at radius 1 is 1.42 bits per heavy atom. The highest BCUT2D eigenvalue weighted by Crippen LogP contribution is 2.78. The van der Waals surface area contributed by atoms with E-state index in [1.165, 1.54) is 0 Å². The molecule has 3 aliphatic rings. The van der Waals surface area contributed by atoms with Crippen LogP contribution in [0.5, 0.6) is 0 Å². The second kappa shape index (κ2) is 1.84. The van der Waals surface area contributed by atoms with Gasteiger partial charge in [0.15, 0.2) is 0 Å². The lowest BCUT2D eigenvalue weighted by molar-refractivity contribution is -0.291. The maximum absolute atomic E-state index is 12.9. The second-order valence-corrected chi connectivity index (χ2v) is 4.60. The van der Waals surface area contributed by atoms with E-state index in [1.807, 2.05) is 0 Å².